The topological polar surface area (TPSA) is 41.7 Å². The fourth-order valence-electron chi connectivity index (χ4n) is 3.48. The molecular formula is C22H24FN3O2. The van der Waals surface area contributed by atoms with Crippen LogP contribution in [0.2, 0.25) is 0 Å². The lowest BCUT2D eigenvalue weighted by Crippen LogP contribution is -2.45. The minimum atomic E-state index is -0.309. The van der Waals surface area contributed by atoms with Crippen LogP contribution in [0.15, 0.2) is 59.1 Å². The monoisotopic (exact) mass is 381 g/mol. The molecule has 3 aromatic rings. The SMILES string of the molecule is COc1ccc(CN2CCN(Cc3ncc(-c4ccccc4)o3)CC2)cc1F. The molecule has 5 nitrogen and oxygen atoms in total. The molecule has 0 unspecified atom stereocenters. The molecule has 0 amide bonds. The number of hydrogen-bond acceptors (Lipinski definition) is 5. The zero-order valence-electron chi connectivity index (χ0n) is 16.0. The van der Waals surface area contributed by atoms with E-state index in [1.54, 1.807) is 18.3 Å². The summed E-state index contributed by atoms with van der Waals surface area (Å²) >= 11 is 0. The van der Waals surface area contributed by atoms with E-state index in [4.69, 9.17) is 9.15 Å². The van der Waals surface area contributed by atoms with E-state index in [-0.39, 0.29) is 11.6 Å². The van der Waals surface area contributed by atoms with Gasteiger partial charge in [-0.15, -0.1) is 0 Å². The molecule has 6 heteroatoms. The number of hydrogen-bond donors (Lipinski definition) is 0. The van der Waals surface area contributed by atoms with E-state index in [9.17, 15) is 4.39 Å². The first kappa shape index (κ1) is 18.7. The molecule has 28 heavy (non-hydrogen) atoms. The lowest BCUT2D eigenvalue weighted by molar-refractivity contribution is 0.114. The molecule has 0 aliphatic carbocycles. The molecule has 1 aliphatic heterocycles. The minimum Gasteiger partial charge on any atom is -0.494 e. The zero-order chi connectivity index (χ0) is 19.3. The van der Waals surface area contributed by atoms with E-state index >= 15 is 0 Å². The summed E-state index contributed by atoms with van der Waals surface area (Å²) in [6.07, 6.45) is 1.79. The highest BCUT2D eigenvalue weighted by Crippen LogP contribution is 2.22. The van der Waals surface area contributed by atoms with Crippen molar-refractivity contribution in [3.05, 3.63) is 72.0 Å². The number of aromatic nitrogens is 1. The average molecular weight is 381 g/mol. The van der Waals surface area contributed by atoms with Crippen LogP contribution in [0, 0.1) is 5.82 Å². The van der Waals surface area contributed by atoms with Crippen molar-refractivity contribution < 1.29 is 13.5 Å². The largest absolute Gasteiger partial charge is 0.494 e. The minimum absolute atomic E-state index is 0.286. The van der Waals surface area contributed by atoms with Crippen LogP contribution in [-0.2, 0) is 13.1 Å². The van der Waals surface area contributed by atoms with E-state index in [1.807, 2.05) is 36.4 Å². The Morgan fingerprint density at radius 3 is 2.39 bits per heavy atom. The summed E-state index contributed by atoms with van der Waals surface area (Å²) in [5.74, 6) is 1.52. The molecule has 0 atom stereocenters. The molecule has 2 aromatic carbocycles. The predicted octanol–water partition coefficient (Wildman–Crippen LogP) is 3.81. The molecule has 146 valence electrons. The summed E-state index contributed by atoms with van der Waals surface area (Å²) in [6, 6.07) is 15.2. The van der Waals surface area contributed by atoms with Crippen molar-refractivity contribution >= 4 is 0 Å². The third kappa shape index (κ3) is 4.40. The van der Waals surface area contributed by atoms with Crippen molar-refractivity contribution in [2.75, 3.05) is 33.3 Å². The van der Waals surface area contributed by atoms with Gasteiger partial charge in [0.25, 0.3) is 0 Å². The quantitative estimate of drug-likeness (QED) is 0.650. The Balaban J connectivity index is 1.29. The van der Waals surface area contributed by atoms with Gasteiger partial charge in [-0.1, -0.05) is 36.4 Å². The van der Waals surface area contributed by atoms with Gasteiger partial charge in [-0.2, -0.15) is 0 Å². The molecule has 0 bridgehead atoms. The molecular weight excluding hydrogens is 357 g/mol. The zero-order valence-corrected chi connectivity index (χ0v) is 16.0. The summed E-state index contributed by atoms with van der Waals surface area (Å²) in [5, 5.41) is 0. The summed E-state index contributed by atoms with van der Waals surface area (Å²) in [6.45, 7) is 5.17. The molecule has 0 spiro atoms. The van der Waals surface area contributed by atoms with Crippen LogP contribution in [0.1, 0.15) is 11.5 Å². The number of methoxy groups -OCH3 is 1. The molecule has 1 fully saturated rings. The van der Waals surface area contributed by atoms with Crippen molar-refractivity contribution in [1.29, 1.82) is 0 Å². The highest BCUT2D eigenvalue weighted by atomic mass is 19.1. The lowest BCUT2D eigenvalue weighted by Gasteiger charge is -2.34. The second-order valence-corrected chi connectivity index (χ2v) is 7.01. The molecule has 0 N–H and O–H groups in total. The molecule has 2 heterocycles. The first-order valence-electron chi connectivity index (χ1n) is 9.48. The van der Waals surface area contributed by atoms with E-state index in [0.29, 0.717) is 6.54 Å². The van der Waals surface area contributed by atoms with Crippen molar-refractivity contribution in [3.8, 4) is 17.1 Å². The highest BCUT2D eigenvalue weighted by Gasteiger charge is 2.19. The Bertz CT molecular complexity index is 905. The second kappa shape index (κ2) is 8.54. The van der Waals surface area contributed by atoms with Crippen LogP contribution < -0.4 is 4.74 Å². The number of nitrogens with zero attached hydrogens (tertiary/aromatic N) is 3. The normalized spacial score (nSPS) is 15.6. The summed E-state index contributed by atoms with van der Waals surface area (Å²) < 4.78 is 24.8. The number of oxazole rings is 1. The number of ether oxygens (including phenoxy) is 1. The third-order valence-corrected chi connectivity index (χ3v) is 5.06. The van der Waals surface area contributed by atoms with Crippen LogP contribution in [0.4, 0.5) is 4.39 Å². The van der Waals surface area contributed by atoms with Crippen LogP contribution in [0.25, 0.3) is 11.3 Å². The van der Waals surface area contributed by atoms with Gasteiger partial charge in [0.1, 0.15) is 0 Å². The molecule has 1 aliphatic rings. The second-order valence-electron chi connectivity index (χ2n) is 7.01. The Kier molecular flexibility index (Phi) is 5.69. The summed E-state index contributed by atoms with van der Waals surface area (Å²) in [5.41, 5.74) is 2.00. The fraction of sp³-hybridized carbons (Fsp3) is 0.318. The Morgan fingerprint density at radius 2 is 1.71 bits per heavy atom. The summed E-state index contributed by atoms with van der Waals surface area (Å²) in [7, 11) is 1.48. The van der Waals surface area contributed by atoms with E-state index in [1.165, 1.54) is 7.11 Å². The Labute approximate surface area is 164 Å². The number of rotatable bonds is 6. The number of piperazine rings is 1. The van der Waals surface area contributed by atoms with Gasteiger partial charge < -0.3 is 9.15 Å². The van der Waals surface area contributed by atoms with Gasteiger partial charge in [-0.25, -0.2) is 9.37 Å². The summed E-state index contributed by atoms with van der Waals surface area (Å²) in [4.78, 5) is 9.10. The number of halogens is 1. The van der Waals surface area contributed by atoms with Crippen LogP contribution in [-0.4, -0.2) is 48.1 Å². The lowest BCUT2D eigenvalue weighted by atomic mass is 10.2. The van der Waals surface area contributed by atoms with Crippen molar-refractivity contribution in [2.45, 2.75) is 13.1 Å². The van der Waals surface area contributed by atoms with Gasteiger partial charge in [0.15, 0.2) is 17.3 Å². The average Bonchev–Trinajstić information content (AvgIpc) is 3.19. The Morgan fingerprint density at radius 1 is 1.00 bits per heavy atom. The van der Waals surface area contributed by atoms with Gasteiger partial charge in [-0.3, -0.25) is 9.80 Å². The Hall–Kier alpha value is -2.70. The first-order valence-corrected chi connectivity index (χ1v) is 9.48. The van der Waals surface area contributed by atoms with E-state index in [2.05, 4.69) is 14.8 Å². The molecule has 0 saturated carbocycles. The molecule has 4 rings (SSSR count). The number of benzene rings is 2. The first-order chi connectivity index (χ1) is 13.7. The van der Waals surface area contributed by atoms with Crippen molar-refractivity contribution in [3.63, 3.8) is 0 Å². The van der Waals surface area contributed by atoms with Crippen molar-refractivity contribution in [1.82, 2.24) is 14.8 Å². The van der Waals surface area contributed by atoms with Crippen molar-refractivity contribution in [2.24, 2.45) is 0 Å². The predicted molar refractivity (Wildman–Crippen MR) is 105 cm³/mol. The standard InChI is InChI=1S/C22H24FN3O2/c1-27-20-8-7-17(13-19(20)23)15-25-9-11-26(12-10-25)16-22-24-14-21(28-22)18-5-3-2-4-6-18/h2-8,13-14H,9-12,15-16H2,1H3. The van der Waals surface area contributed by atoms with Gasteiger partial charge in [0.05, 0.1) is 19.9 Å². The third-order valence-electron chi connectivity index (χ3n) is 5.06. The maximum absolute atomic E-state index is 13.9. The van der Waals surface area contributed by atoms with Crippen LogP contribution >= 0.6 is 0 Å². The van der Waals surface area contributed by atoms with Gasteiger partial charge in [-0.05, 0) is 17.7 Å². The van der Waals surface area contributed by atoms with Gasteiger partial charge in [0, 0.05) is 38.3 Å². The van der Waals surface area contributed by atoms with Gasteiger partial charge in [0.2, 0.25) is 5.89 Å². The van der Waals surface area contributed by atoms with E-state index in [0.717, 1.165) is 55.5 Å². The van der Waals surface area contributed by atoms with Gasteiger partial charge >= 0.3 is 0 Å². The molecule has 1 aromatic heterocycles. The van der Waals surface area contributed by atoms with E-state index < -0.39 is 0 Å². The molecule has 1 saturated heterocycles. The molecule has 0 radical (unpaired) electrons. The highest BCUT2D eigenvalue weighted by molar-refractivity contribution is 5.55. The fourth-order valence-corrected chi connectivity index (χ4v) is 3.48. The van der Waals surface area contributed by atoms with Crippen LogP contribution in [0.5, 0.6) is 5.75 Å². The smallest absolute Gasteiger partial charge is 0.209 e. The van der Waals surface area contributed by atoms with Crippen LogP contribution in [0.3, 0.4) is 0 Å². The maximum atomic E-state index is 13.9. The maximum Gasteiger partial charge on any atom is 0.209 e.